The summed E-state index contributed by atoms with van der Waals surface area (Å²) in [4.78, 5) is 17.3. The molecule has 4 rings (SSSR count). The van der Waals surface area contributed by atoms with Gasteiger partial charge in [0.25, 0.3) is 5.91 Å². The lowest BCUT2D eigenvalue weighted by molar-refractivity contribution is 0.0575. The first-order chi connectivity index (χ1) is 13.2. The Morgan fingerprint density at radius 1 is 1.25 bits per heavy atom. The molecule has 1 atom stereocenters. The van der Waals surface area contributed by atoms with Gasteiger partial charge >= 0.3 is 0 Å². The van der Waals surface area contributed by atoms with E-state index in [9.17, 15) is 4.79 Å². The van der Waals surface area contributed by atoms with Crippen LogP contribution in [-0.4, -0.2) is 65.7 Å². The molecule has 2 N–H and O–H groups in total. The minimum atomic E-state index is 0. The average molecular weight is 406 g/mol. The van der Waals surface area contributed by atoms with Crippen LogP contribution in [0, 0.1) is 0 Å². The van der Waals surface area contributed by atoms with Crippen LogP contribution in [0.2, 0.25) is 0 Å². The molecule has 1 unspecified atom stereocenters. The second-order valence-electron chi connectivity index (χ2n) is 7.24. The van der Waals surface area contributed by atoms with Crippen LogP contribution in [0.3, 0.4) is 0 Å². The second kappa shape index (κ2) is 8.94. The largest absolute Gasteiger partial charge is 0.497 e. The number of carbonyl (C=O) groups is 1. The lowest BCUT2D eigenvalue weighted by Gasteiger charge is -2.38. The number of ether oxygens (including phenoxy) is 1. The number of aromatic nitrogens is 2. The summed E-state index contributed by atoms with van der Waals surface area (Å²) in [5.41, 5.74) is 3.97. The molecule has 1 aromatic heterocycles. The third-order valence-corrected chi connectivity index (χ3v) is 5.73. The van der Waals surface area contributed by atoms with E-state index in [-0.39, 0.29) is 18.3 Å². The van der Waals surface area contributed by atoms with Crippen LogP contribution in [0.15, 0.2) is 24.3 Å². The molecule has 0 saturated carbocycles. The van der Waals surface area contributed by atoms with E-state index in [1.54, 1.807) is 7.11 Å². The predicted octanol–water partition coefficient (Wildman–Crippen LogP) is 2.00. The molecule has 2 aliphatic heterocycles. The molecule has 0 radical (unpaired) electrons. The number of aromatic amines is 1. The van der Waals surface area contributed by atoms with E-state index in [0.29, 0.717) is 11.7 Å². The Morgan fingerprint density at radius 3 is 2.79 bits per heavy atom. The molecule has 2 aromatic rings. The number of nitrogens with zero attached hydrogens (tertiary/aromatic N) is 3. The molecule has 2 aliphatic rings. The number of benzene rings is 1. The van der Waals surface area contributed by atoms with E-state index in [4.69, 9.17) is 4.74 Å². The average Bonchev–Trinajstić information content (AvgIpc) is 3.17. The van der Waals surface area contributed by atoms with Crippen molar-refractivity contribution in [2.24, 2.45) is 0 Å². The summed E-state index contributed by atoms with van der Waals surface area (Å²) in [5.74, 6) is 0.926. The smallest absolute Gasteiger partial charge is 0.274 e. The number of piperazine rings is 1. The van der Waals surface area contributed by atoms with Crippen LogP contribution >= 0.6 is 12.4 Å². The van der Waals surface area contributed by atoms with E-state index < -0.39 is 0 Å². The van der Waals surface area contributed by atoms with Gasteiger partial charge in [-0.15, -0.1) is 12.4 Å². The summed E-state index contributed by atoms with van der Waals surface area (Å²) in [6.07, 6.45) is 0.904. The zero-order chi connectivity index (χ0) is 18.8. The predicted molar refractivity (Wildman–Crippen MR) is 110 cm³/mol. The Balaban J connectivity index is 0.00000225. The summed E-state index contributed by atoms with van der Waals surface area (Å²) in [5, 5.41) is 10.7. The Kier molecular flexibility index (Phi) is 6.59. The molecule has 28 heavy (non-hydrogen) atoms. The fourth-order valence-electron chi connectivity index (χ4n) is 3.98. The van der Waals surface area contributed by atoms with Gasteiger partial charge in [0.15, 0.2) is 5.69 Å². The molecule has 0 aliphatic carbocycles. The summed E-state index contributed by atoms with van der Waals surface area (Å²) in [6, 6.07) is 8.50. The first-order valence-electron chi connectivity index (χ1n) is 9.61. The highest BCUT2D eigenvalue weighted by molar-refractivity contribution is 5.94. The number of rotatable bonds is 4. The van der Waals surface area contributed by atoms with Gasteiger partial charge in [-0.25, -0.2) is 0 Å². The lowest BCUT2D eigenvalue weighted by Crippen LogP contribution is -2.49. The van der Waals surface area contributed by atoms with Gasteiger partial charge in [-0.3, -0.25) is 14.8 Å². The number of methoxy groups -OCH3 is 1. The molecule has 1 aromatic carbocycles. The monoisotopic (exact) mass is 405 g/mol. The number of fused-ring (bicyclic) bond motifs is 1. The minimum absolute atomic E-state index is 0. The van der Waals surface area contributed by atoms with E-state index >= 15 is 0 Å². The van der Waals surface area contributed by atoms with Crippen molar-refractivity contribution < 1.29 is 9.53 Å². The summed E-state index contributed by atoms with van der Waals surface area (Å²) in [6.45, 7) is 7.03. The van der Waals surface area contributed by atoms with E-state index in [0.717, 1.165) is 62.7 Å². The van der Waals surface area contributed by atoms with Crippen molar-refractivity contribution in [3.63, 3.8) is 0 Å². The van der Waals surface area contributed by atoms with E-state index in [1.165, 1.54) is 5.56 Å². The van der Waals surface area contributed by atoms with Gasteiger partial charge in [-0.1, -0.05) is 12.1 Å². The molecule has 1 saturated heterocycles. The Labute approximate surface area is 171 Å². The van der Waals surface area contributed by atoms with Gasteiger partial charge in [0.1, 0.15) is 5.75 Å². The highest BCUT2D eigenvalue weighted by atomic mass is 35.5. The standard InChI is InChI=1S/C20H27N5O2.ClH/c1-14(15-4-3-5-16(12-15)27-2)24-8-10-25(11-9-24)20(26)19-17-13-21-7-6-18(17)22-23-19;/h3-5,12,14,21H,6-11,13H2,1-2H3,(H,22,23);1H. The van der Waals surface area contributed by atoms with Crippen molar-refractivity contribution in [3.05, 3.63) is 46.8 Å². The summed E-state index contributed by atoms with van der Waals surface area (Å²) < 4.78 is 5.34. The molecule has 1 fully saturated rings. The lowest BCUT2D eigenvalue weighted by atomic mass is 10.0. The van der Waals surface area contributed by atoms with Crippen LogP contribution < -0.4 is 10.1 Å². The van der Waals surface area contributed by atoms with Crippen LogP contribution in [-0.2, 0) is 13.0 Å². The third-order valence-electron chi connectivity index (χ3n) is 5.73. The zero-order valence-corrected chi connectivity index (χ0v) is 17.2. The maximum Gasteiger partial charge on any atom is 0.274 e. The number of carbonyl (C=O) groups excluding carboxylic acids is 1. The van der Waals surface area contributed by atoms with Gasteiger partial charge in [0.05, 0.1) is 7.11 Å². The van der Waals surface area contributed by atoms with Crippen molar-refractivity contribution in [3.8, 4) is 5.75 Å². The Bertz CT molecular complexity index is 817. The first-order valence-corrected chi connectivity index (χ1v) is 9.61. The molecular formula is C20H28ClN5O2. The molecule has 0 spiro atoms. The zero-order valence-electron chi connectivity index (χ0n) is 16.4. The molecule has 7 nitrogen and oxygen atoms in total. The van der Waals surface area contributed by atoms with Crippen molar-refractivity contribution in [2.45, 2.75) is 25.9 Å². The SMILES string of the molecule is COc1cccc(C(C)N2CCN(C(=O)c3n[nH]c4c3CNCC4)CC2)c1.Cl. The van der Waals surface area contributed by atoms with Crippen molar-refractivity contribution in [1.29, 1.82) is 0 Å². The highest BCUT2D eigenvalue weighted by Gasteiger charge is 2.29. The summed E-state index contributed by atoms with van der Waals surface area (Å²) >= 11 is 0. The molecular weight excluding hydrogens is 378 g/mol. The first kappa shape index (κ1) is 20.6. The fourth-order valence-corrected chi connectivity index (χ4v) is 3.98. The Hall–Kier alpha value is -2.09. The van der Waals surface area contributed by atoms with Gasteiger partial charge in [0.2, 0.25) is 0 Å². The number of nitrogens with one attached hydrogen (secondary N) is 2. The van der Waals surface area contributed by atoms with Crippen LogP contribution in [0.25, 0.3) is 0 Å². The minimum Gasteiger partial charge on any atom is -0.497 e. The van der Waals surface area contributed by atoms with E-state index in [1.807, 2.05) is 17.0 Å². The molecule has 8 heteroatoms. The highest BCUT2D eigenvalue weighted by Crippen LogP contribution is 2.25. The van der Waals surface area contributed by atoms with Crippen LogP contribution in [0.1, 0.15) is 40.3 Å². The molecule has 3 heterocycles. The quantitative estimate of drug-likeness (QED) is 0.814. The molecule has 152 valence electrons. The van der Waals surface area contributed by atoms with E-state index in [2.05, 4.69) is 39.5 Å². The fraction of sp³-hybridized carbons (Fsp3) is 0.500. The molecule has 1 amide bonds. The maximum absolute atomic E-state index is 12.9. The third kappa shape index (κ3) is 4.01. The van der Waals surface area contributed by atoms with Crippen molar-refractivity contribution in [1.82, 2.24) is 25.3 Å². The number of halogens is 1. The van der Waals surface area contributed by atoms with Gasteiger partial charge in [-0.05, 0) is 24.6 Å². The van der Waals surface area contributed by atoms with Gasteiger partial charge < -0.3 is 15.0 Å². The van der Waals surface area contributed by atoms with Gasteiger partial charge in [-0.2, -0.15) is 5.10 Å². The number of hydrogen-bond acceptors (Lipinski definition) is 5. The van der Waals surface area contributed by atoms with Crippen LogP contribution in [0.4, 0.5) is 0 Å². The molecule has 0 bridgehead atoms. The van der Waals surface area contributed by atoms with Crippen molar-refractivity contribution >= 4 is 18.3 Å². The topological polar surface area (TPSA) is 73.5 Å². The number of hydrogen-bond donors (Lipinski definition) is 2. The van der Waals surface area contributed by atoms with Gasteiger partial charge in [0, 0.05) is 63.0 Å². The number of amides is 1. The normalized spacial score (nSPS) is 18.1. The van der Waals surface area contributed by atoms with Crippen molar-refractivity contribution in [2.75, 3.05) is 39.8 Å². The Morgan fingerprint density at radius 2 is 2.04 bits per heavy atom. The number of H-pyrrole nitrogens is 1. The second-order valence-corrected chi connectivity index (χ2v) is 7.24. The van der Waals surface area contributed by atoms with Crippen LogP contribution in [0.5, 0.6) is 5.75 Å². The summed E-state index contributed by atoms with van der Waals surface area (Å²) in [7, 11) is 1.69. The maximum atomic E-state index is 12.9.